The molecule has 0 amide bonds. The van der Waals surface area contributed by atoms with E-state index in [9.17, 15) is 4.79 Å². The number of methoxy groups -OCH3 is 1. The van der Waals surface area contributed by atoms with Gasteiger partial charge in [0, 0.05) is 6.08 Å². The van der Waals surface area contributed by atoms with Crippen LogP contribution in [0.1, 0.15) is 19.4 Å². The lowest BCUT2D eigenvalue weighted by molar-refractivity contribution is -0.137. The second kappa shape index (κ2) is 8.77. The molecule has 0 bridgehead atoms. The SMILES string of the molecule is CCOC(=O)/C=C\c1cccc(-c2ccc(OCC)c(OC)c2)c1. The van der Waals surface area contributed by atoms with Crippen molar-refractivity contribution in [2.45, 2.75) is 13.8 Å². The van der Waals surface area contributed by atoms with E-state index in [0.29, 0.717) is 19.0 Å². The summed E-state index contributed by atoms with van der Waals surface area (Å²) in [5.41, 5.74) is 2.97. The minimum Gasteiger partial charge on any atom is -0.493 e. The van der Waals surface area contributed by atoms with Gasteiger partial charge in [0.05, 0.1) is 20.3 Å². The van der Waals surface area contributed by atoms with Crippen LogP contribution in [0.2, 0.25) is 0 Å². The van der Waals surface area contributed by atoms with Crippen molar-refractivity contribution in [3.63, 3.8) is 0 Å². The number of benzene rings is 2. The van der Waals surface area contributed by atoms with E-state index >= 15 is 0 Å². The molecule has 2 rings (SSSR count). The van der Waals surface area contributed by atoms with E-state index in [1.165, 1.54) is 6.08 Å². The van der Waals surface area contributed by atoms with Crippen molar-refractivity contribution < 1.29 is 19.0 Å². The lowest BCUT2D eigenvalue weighted by Crippen LogP contribution is -1.98. The number of hydrogen-bond acceptors (Lipinski definition) is 4. The van der Waals surface area contributed by atoms with Gasteiger partial charge in [-0.25, -0.2) is 4.79 Å². The van der Waals surface area contributed by atoms with Crippen LogP contribution in [0.25, 0.3) is 17.2 Å². The van der Waals surface area contributed by atoms with Gasteiger partial charge in [-0.3, -0.25) is 0 Å². The van der Waals surface area contributed by atoms with E-state index in [-0.39, 0.29) is 5.97 Å². The molecular weight excluding hydrogens is 304 g/mol. The van der Waals surface area contributed by atoms with Gasteiger partial charge in [-0.05, 0) is 54.8 Å². The van der Waals surface area contributed by atoms with Crippen LogP contribution >= 0.6 is 0 Å². The van der Waals surface area contributed by atoms with Crippen LogP contribution in [0.5, 0.6) is 11.5 Å². The minimum absolute atomic E-state index is 0.342. The Balaban J connectivity index is 2.26. The molecule has 0 spiro atoms. The van der Waals surface area contributed by atoms with E-state index in [4.69, 9.17) is 14.2 Å². The molecule has 0 aliphatic carbocycles. The second-order valence-electron chi connectivity index (χ2n) is 5.01. The predicted octanol–water partition coefficient (Wildman–Crippen LogP) is 4.34. The first kappa shape index (κ1) is 17.6. The van der Waals surface area contributed by atoms with E-state index < -0.39 is 0 Å². The zero-order valence-corrected chi connectivity index (χ0v) is 14.2. The van der Waals surface area contributed by atoms with Crippen LogP contribution in [0, 0.1) is 0 Å². The monoisotopic (exact) mass is 326 g/mol. The maximum atomic E-state index is 11.4. The van der Waals surface area contributed by atoms with Crippen LogP contribution < -0.4 is 9.47 Å². The third kappa shape index (κ3) is 4.62. The fraction of sp³-hybridized carbons (Fsp3) is 0.250. The number of esters is 1. The minimum atomic E-state index is -0.342. The molecule has 0 aliphatic rings. The Morgan fingerprint density at radius 1 is 1.00 bits per heavy atom. The topological polar surface area (TPSA) is 44.8 Å². The van der Waals surface area contributed by atoms with Crippen molar-refractivity contribution in [3.8, 4) is 22.6 Å². The van der Waals surface area contributed by atoms with Gasteiger partial charge in [-0.2, -0.15) is 0 Å². The highest BCUT2D eigenvalue weighted by Crippen LogP contribution is 2.32. The number of hydrogen-bond donors (Lipinski definition) is 0. The van der Waals surface area contributed by atoms with Crippen molar-refractivity contribution in [1.82, 2.24) is 0 Å². The van der Waals surface area contributed by atoms with Gasteiger partial charge in [-0.1, -0.05) is 24.3 Å². The molecule has 0 radical (unpaired) electrons. The highest BCUT2D eigenvalue weighted by atomic mass is 16.5. The first-order valence-corrected chi connectivity index (χ1v) is 7.94. The molecule has 4 heteroatoms. The first-order valence-electron chi connectivity index (χ1n) is 7.94. The molecule has 126 valence electrons. The van der Waals surface area contributed by atoms with Gasteiger partial charge in [-0.15, -0.1) is 0 Å². The van der Waals surface area contributed by atoms with Crippen LogP contribution in [0.4, 0.5) is 0 Å². The van der Waals surface area contributed by atoms with Gasteiger partial charge in [0.25, 0.3) is 0 Å². The van der Waals surface area contributed by atoms with Gasteiger partial charge >= 0.3 is 5.97 Å². The Morgan fingerprint density at radius 3 is 2.50 bits per heavy atom. The summed E-state index contributed by atoms with van der Waals surface area (Å²) in [5.74, 6) is 1.08. The lowest BCUT2D eigenvalue weighted by atomic mass is 10.0. The molecule has 0 heterocycles. The molecule has 0 aliphatic heterocycles. The third-order valence-corrected chi connectivity index (χ3v) is 3.38. The van der Waals surface area contributed by atoms with Crippen molar-refractivity contribution in [2.24, 2.45) is 0 Å². The Hall–Kier alpha value is -2.75. The van der Waals surface area contributed by atoms with Gasteiger partial charge in [0.1, 0.15) is 0 Å². The van der Waals surface area contributed by atoms with Crippen molar-refractivity contribution in [3.05, 3.63) is 54.1 Å². The Kier molecular flexibility index (Phi) is 6.43. The summed E-state index contributed by atoms with van der Waals surface area (Å²) >= 11 is 0. The number of ether oxygens (including phenoxy) is 3. The maximum absolute atomic E-state index is 11.4. The van der Waals surface area contributed by atoms with Crippen molar-refractivity contribution >= 4 is 12.0 Å². The normalized spacial score (nSPS) is 10.6. The van der Waals surface area contributed by atoms with Gasteiger partial charge < -0.3 is 14.2 Å². The second-order valence-corrected chi connectivity index (χ2v) is 5.01. The average Bonchev–Trinajstić information content (AvgIpc) is 2.61. The predicted molar refractivity (Wildman–Crippen MR) is 95.3 cm³/mol. The molecule has 2 aromatic rings. The zero-order chi connectivity index (χ0) is 17.4. The molecule has 0 saturated heterocycles. The van der Waals surface area contributed by atoms with Crippen molar-refractivity contribution in [1.29, 1.82) is 0 Å². The summed E-state index contributed by atoms with van der Waals surface area (Å²) in [7, 11) is 1.63. The van der Waals surface area contributed by atoms with Crippen molar-refractivity contribution in [2.75, 3.05) is 20.3 Å². The fourth-order valence-corrected chi connectivity index (χ4v) is 2.30. The summed E-state index contributed by atoms with van der Waals surface area (Å²) in [6, 6.07) is 13.7. The Bertz CT molecular complexity index is 719. The molecule has 0 fully saturated rings. The summed E-state index contributed by atoms with van der Waals surface area (Å²) in [4.78, 5) is 11.4. The van der Waals surface area contributed by atoms with Crippen LogP contribution in [0.15, 0.2) is 48.5 Å². The lowest BCUT2D eigenvalue weighted by Gasteiger charge is -2.11. The highest BCUT2D eigenvalue weighted by Gasteiger charge is 2.07. The number of carbonyl (C=O) groups is 1. The summed E-state index contributed by atoms with van der Waals surface area (Å²) in [5, 5.41) is 0. The third-order valence-electron chi connectivity index (χ3n) is 3.38. The molecule has 2 aromatic carbocycles. The molecule has 4 nitrogen and oxygen atoms in total. The standard InChI is InChI=1S/C20H22O4/c1-4-23-18-11-10-17(14-19(18)22-3)16-8-6-7-15(13-16)9-12-20(21)24-5-2/h6-14H,4-5H2,1-3H3/b12-9-. The Labute approximate surface area is 142 Å². The van der Waals surface area contributed by atoms with E-state index in [0.717, 1.165) is 22.4 Å². The van der Waals surface area contributed by atoms with Gasteiger partial charge in [0.2, 0.25) is 0 Å². The summed E-state index contributed by atoms with van der Waals surface area (Å²) in [6.07, 6.45) is 3.18. The average molecular weight is 326 g/mol. The quantitative estimate of drug-likeness (QED) is 0.561. The van der Waals surface area contributed by atoms with Crippen LogP contribution in [-0.4, -0.2) is 26.3 Å². The van der Waals surface area contributed by atoms with Gasteiger partial charge in [0.15, 0.2) is 11.5 Å². The molecular formula is C20H22O4. The molecule has 0 N–H and O–H groups in total. The van der Waals surface area contributed by atoms with E-state index in [2.05, 4.69) is 0 Å². The van der Waals surface area contributed by atoms with E-state index in [1.807, 2.05) is 49.4 Å². The zero-order valence-electron chi connectivity index (χ0n) is 14.2. The molecule has 24 heavy (non-hydrogen) atoms. The Morgan fingerprint density at radius 2 is 1.79 bits per heavy atom. The van der Waals surface area contributed by atoms with Crippen LogP contribution in [0.3, 0.4) is 0 Å². The number of carbonyl (C=O) groups excluding carboxylic acids is 1. The molecule has 0 saturated carbocycles. The maximum Gasteiger partial charge on any atom is 0.330 e. The summed E-state index contributed by atoms with van der Waals surface area (Å²) in [6.45, 7) is 4.68. The fourth-order valence-electron chi connectivity index (χ4n) is 2.30. The molecule has 0 atom stereocenters. The van der Waals surface area contributed by atoms with E-state index in [1.54, 1.807) is 20.1 Å². The van der Waals surface area contributed by atoms with Crippen LogP contribution in [-0.2, 0) is 9.53 Å². The molecule has 0 unspecified atom stereocenters. The molecule has 0 aromatic heterocycles. The first-order chi connectivity index (χ1) is 11.7. The largest absolute Gasteiger partial charge is 0.493 e. The highest BCUT2D eigenvalue weighted by molar-refractivity contribution is 5.87. The number of rotatable bonds is 7. The summed E-state index contributed by atoms with van der Waals surface area (Å²) < 4.78 is 15.8. The smallest absolute Gasteiger partial charge is 0.330 e.